The number of aliphatic hydroxyl groups excluding tert-OH is 1. The van der Waals surface area contributed by atoms with Gasteiger partial charge >= 0.3 is 0 Å². The topological polar surface area (TPSA) is 84.1 Å². The summed E-state index contributed by atoms with van der Waals surface area (Å²) < 4.78 is 5.26. The largest absolute Gasteiger partial charge is 0.418 e. The molecule has 0 saturated heterocycles. The lowest BCUT2D eigenvalue weighted by Gasteiger charge is -2.14. The summed E-state index contributed by atoms with van der Waals surface area (Å²) >= 11 is 6.29. The molecule has 0 saturated carbocycles. The third-order valence-corrected chi connectivity index (χ3v) is 3.35. The Hall–Kier alpha value is -1.76. The summed E-state index contributed by atoms with van der Waals surface area (Å²) in [7, 11) is 0. The van der Waals surface area contributed by atoms with Gasteiger partial charge in [-0.25, -0.2) is 0 Å². The first-order chi connectivity index (χ1) is 9.78. The summed E-state index contributed by atoms with van der Waals surface area (Å²) in [6.07, 6.45) is 4.65. The summed E-state index contributed by atoms with van der Waals surface area (Å²) in [6, 6.07) is 1.75. The Kier molecular flexibility index (Phi) is 3.77. The Morgan fingerprint density at radius 1 is 1.40 bits per heavy atom. The lowest BCUT2D eigenvalue weighted by atomic mass is 10.0. The minimum Gasteiger partial charge on any atom is -0.418 e. The molecule has 2 aromatic rings. The Bertz CT molecular complexity index is 654. The molecular formula is C13H13ClN4O2. The highest BCUT2D eigenvalue weighted by Crippen LogP contribution is 2.29. The van der Waals surface area contributed by atoms with Crippen molar-refractivity contribution in [1.82, 2.24) is 20.5 Å². The van der Waals surface area contributed by atoms with E-state index in [1.54, 1.807) is 12.3 Å². The zero-order chi connectivity index (χ0) is 13.9. The Morgan fingerprint density at radius 2 is 2.30 bits per heavy atom. The van der Waals surface area contributed by atoms with E-state index < -0.39 is 0 Å². The fourth-order valence-corrected chi connectivity index (χ4v) is 2.35. The van der Waals surface area contributed by atoms with Gasteiger partial charge in [0.2, 0.25) is 11.8 Å². The van der Waals surface area contributed by atoms with Gasteiger partial charge in [-0.1, -0.05) is 17.7 Å². The lowest BCUT2D eigenvalue weighted by Crippen LogP contribution is -2.20. The third kappa shape index (κ3) is 2.58. The van der Waals surface area contributed by atoms with E-state index in [1.807, 2.05) is 0 Å². The molecule has 2 N–H and O–H groups in total. The molecule has 2 aromatic heterocycles. The van der Waals surface area contributed by atoms with E-state index in [0.29, 0.717) is 16.5 Å². The fraction of sp³-hybridized carbons (Fsp3) is 0.308. The third-order valence-electron chi connectivity index (χ3n) is 3.06. The fourth-order valence-electron chi connectivity index (χ4n) is 2.06. The van der Waals surface area contributed by atoms with Crippen LogP contribution in [0.2, 0.25) is 5.02 Å². The van der Waals surface area contributed by atoms with Crippen molar-refractivity contribution in [2.75, 3.05) is 13.1 Å². The van der Waals surface area contributed by atoms with Crippen LogP contribution in [-0.2, 0) is 6.61 Å². The number of nitrogens with zero attached hydrogens (tertiary/aromatic N) is 3. The minimum absolute atomic E-state index is 0.168. The van der Waals surface area contributed by atoms with Crippen molar-refractivity contribution in [3.8, 4) is 11.5 Å². The van der Waals surface area contributed by atoms with Gasteiger partial charge in [0, 0.05) is 12.7 Å². The number of aliphatic hydroxyl groups is 1. The van der Waals surface area contributed by atoms with Gasteiger partial charge in [0.1, 0.15) is 6.61 Å². The maximum atomic E-state index is 8.92. The number of hydrogen-bond acceptors (Lipinski definition) is 6. The second-order valence-corrected chi connectivity index (χ2v) is 4.80. The van der Waals surface area contributed by atoms with Crippen LogP contribution in [-0.4, -0.2) is 33.4 Å². The van der Waals surface area contributed by atoms with Gasteiger partial charge < -0.3 is 14.8 Å². The first kappa shape index (κ1) is 13.2. The zero-order valence-corrected chi connectivity index (χ0v) is 11.4. The number of nitrogens with one attached hydrogen (secondary N) is 1. The molecule has 1 aliphatic rings. The van der Waals surface area contributed by atoms with Crippen molar-refractivity contribution < 1.29 is 9.52 Å². The molecule has 0 unspecified atom stereocenters. The van der Waals surface area contributed by atoms with E-state index in [2.05, 4.69) is 26.6 Å². The number of halogens is 1. The number of pyridine rings is 1. The molecule has 0 atom stereocenters. The normalized spacial score (nSPS) is 15.2. The summed E-state index contributed by atoms with van der Waals surface area (Å²) in [5.41, 5.74) is 2.57. The monoisotopic (exact) mass is 292 g/mol. The van der Waals surface area contributed by atoms with Crippen LogP contribution in [0.25, 0.3) is 17.0 Å². The van der Waals surface area contributed by atoms with E-state index in [9.17, 15) is 0 Å². The average Bonchev–Trinajstić information content (AvgIpc) is 2.97. The Balaban J connectivity index is 1.92. The molecule has 104 valence electrons. The van der Waals surface area contributed by atoms with Crippen LogP contribution in [0.3, 0.4) is 0 Å². The van der Waals surface area contributed by atoms with Gasteiger partial charge in [-0.15, -0.1) is 10.2 Å². The van der Waals surface area contributed by atoms with Crippen molar-refractivity contribution in [2.45, 2.75) is 13.0 Å². The second kappa shape index (κ2) is 5.70. The molecule has 0 aromatic carbocycles. The van der Waals surface area contributed by atoms with Gasteiger partial charge in [0.05, 0.1) is 16.3 Å². The molecule has 0 aliphatic carbocycles. The summed E-state index contributed by atoms with van der Waals surface area (Å²) in [4.78, 5) is 4.40. The van der Waals surface area contributed by atoms with Gasteiger partial charge in [-0.2, -0.15) is 0 Å². The van der Waals surface area contributed by atoms with Crippen molar-refractivity contribution in [3.05, 3.63) is 34.9 Å². The molecule has 3 rings (SSSR count). The van der Waals surface area contributed by atoms with Gasteiger partial charge in [0.15, 0.2) is 0 Å². The summed E-state index contributed by atoms with van der Waals surface area (Å²) in [5, 5.41) is 20.3. The predicted octanol–water partition coefficient (Wildman–Crippen LogP) is 1.65. The summed E-state index contributed by atoms with van der Waals surface area (Å²) in [6.45, 7) is 1.47. The highest BCUT2D eigenvalue weighted by molar-refractivity contribution is 6.32. The Morgan fingerprint density at radius 3 is 2.95 bits per heavy atom. The van der Waals surface area contributed by atoms with E-state index in [4.69, 9.17) is 21.1 Å². The van der Waals surface area contributed by atoms with E-state index >= 15 is 0 Å². The molecule has 1 aliphatic heterocycles. The molecule has 0 spiro atoms. The first-order valence-corrected chi connectivity index (χ1v) is 6.65. The van der Waals surface area contributed by atoms with Crippen molar-refractivity contribution in [3.63, 3.8) is 0 Å². The van der Waals surface area contributed by atoms with Crippen molar-refractivity contribution in [1.29, 1.82) is 0 Å². The molecule has 6 nitrogen and oxygen atoms in total. The molecule has 0 fully saturated rings. The number of hydrogen-bond donors (Lipinski definition) is 2. The van der Waals surface area contributed by atoms with Crippen molar-refractivity contribution in [2.24, 2.45) is 0 Å². The maximum Gasteiger partial charge on any atom is 0.249 e. The SMILES string of the molecule is OCc1nnc(-c2cnc(C3=CCNCC3)c(Cl)c2)o1. The quantitative estimate of drug-likeness (QED) is 0.895. The summed E-state index contributed by atoms with van der Waals surface area (Å²) in [5.74, 6) is 0.468. The van der Waals surface area contributed by atoms with E-state index in [-0.39, 0.29) is 12.5 Å². The second-order valence-electron chi connectivity index (χ2n) is 4.40. The number of rotatable bonds is 3. The van der Waals surface area contributed by atoms with E-state index in [0.717, 1.165) is 30.8 Å². The van der Waals surface area contributed by atoms with Crippen LogP contribution in [0.15, 0.2) is 22.8 Å². The van der Waals surface area contributed by atoms with Crippen LogP contribution in [0.4, 0.5) is 0 Å². The van der Waals surface area contributed by atoms with Crippen LogP contribution < -0.4 is 5.32 Å². The van der Waals surface area contributed by atoms with Crippen LogP contribution in [0, 0.1) is 0 Å². The van der Waals surface area contributed by atoms with Gasteiger partial charge in [-0.05, 0) is 24.6 Å². The first-order valence-electron chi connectivity index (χ1n) is 6.27. The van der Waals surface area contributed by atoms with E-state index in [1.165, 1.54) is 0 Å². The number of aromatic nitrogens is 3. The molecule has 0 amide bonds. The molecule has 3 heterocycles. The maximum absolute atomic E-state index is 8.92. The van der Waals surface area contributed by atoms with Crippen LogP contribution in [0.1, 0.15) is 18.0 Å². The predicted molar refractivity (Wildman–Crippen MR) is 73.9 cm³/mol. The van der Waals surface area contributed by atoms with Gasteiger partial charge in [0.25, 0.3) is 0 Å². The standard InChI is InChI=1S/C13H13ClN4O2/c14-10-5-9(13-18-17-11(7-19)20-13)6-16-12(10)8-1-3-15-4-2-8/h1,5-6,15,19H,2-4,7H2. The highest BCUT2D eigenvalue weighted by Gasteiger charge is 2.14. The Labute approximate surface area is 120 Å². The smallest absolute Gasteiger partial charge is 0.249 e. The van der Waals surface area contributed by atoms with Crippen LogP contribution >= 0.6 is 11.6 Å². The molecule has 0 bridgehead atoms. The highest BCUT2D eigenvalue weighted by atomic mass is 35.5. The molecular weight excluding hydrogens is 280 g/mol. The molecule has 7 heteroatoms. The average molecular weight is 293 g/mol. The molecule has 20 heavy (non-hydrogen) atoms. The molecule has 0 radical (unpaired) electrons. The minimum atomic E-state index is -0.286. The zero-order valence-electron chi connectivity index (χ0n) is 10.6. The lowest BCUT2D eigenvalue weighted by molar-refractivity contribution is 0.241. The van der Waals surface area contributed by atoms with Crippen molar-refractivity contribution >= 4 is 17.2 Å². The van der Waals surface area contributed by atoms with Crippen LogP contribution in [0.5, 0.6) is 0 Å². The van der Waals surface area contributed by atoms with Gasteiger partial charge in [-0.3, -0.25) is 4.98 Å².